The van der Waals surface area contributed by atoms with Gasteiger partial charge in [0.15, 0.2) is 0 Å². The maximum absolute atomic E-state index is 9.09. The van der Waals surface area contributed by atoms with Gasteiger partial charge in [-0.05, 0) is 32.1 Å². The zero-order valence-electron chi connectivity index (χ0n) is 9.33. The summed E-state index contributed by atoms with van der Waals surface area (Å²) in [6.45, 7) is 6.35. The van der Waals surface area contributed by atoms with E-state index in [1.807, 2.05) is 0 Å². The third-order valence-electron chi connectivity index (χ3n) is 3.18. The van der Waals surface area contributed by atoms with Crippen LogP contribution < -0.4 is 5.32 Å². The average Bonchev–Trinajstić information content (AvgIpc) is 2.26. The Morgan fingerprint density at radius 1 is 1.43 bits per heavy atom. The highest BCUT2D eigenvalue weighted by Gasteiger charge is 2.21. The van der Waals surface area contributed by atoms with Gasteiger partial charge in [-0.25, -0.2) is 0 Å². The van der Waals surface area contributed by atoms with Crippen molar-refractivity contribution in [3.05, 3.63) is 0 Å². The maximum atomic E-state index is 9.09. The number of hydrogen-bond acceptors (Lipinski definition) is 3. The zero-order chi connectivity index (χ0) is 10.4. The van der Waals surface area contributed by atoms with Gasteiger partial charge in [-0.15, -0.1) is 0 Å². The van der Waals surface area contributed by atoms with Crippen LogP contribution in [0.25, 0.3) is 0 Å². The third-order valence-corrected chi connectivity index (χ3v) is 3.18. The van der Waals surface area contributed by atoms with Crippen molar-refractivity contribution in [2.75, 3.05) is 19.8 Å². The van der Waals surface area contributed by atoms with Crippen molar-refractivity contribution in [3.8, 4) is 0 Å². The Kier molecular flexibility index (Phi) is 5.45. The van der Waals surface area contributed by atoms with E-state index >= 15 is 0 Å². The van der Waals surface area contributed by atoms with Crippen LogP contribution in [0.15, 0.2) is 0 Å². The fourth-order valence-corrected chi connectivity index (χ4v) is 2.02. The lowest BCUT2D eigenvalue weighted by Crippen LogP contribution is -2.44. The lowest BCUT2D eigenvalue weighted by molar-refractivity contribution is 0.0528. The highest BCUT2D eigenvalue weighted by Crippen LogP contribution is 2.18. The molecule has 1 heterocycles. The fourth-order valence-electron chi connectivity index (χ4n) is 2.02. The molecule has 3 heteroatoms. The first kappa shape index (κ1) is 12.0. The maximum Gasteiger partial charge on any atom is 0.0584 e. The van der Waals surface area contributed by atoms with Crippen LogP contribution in [0, 0.1) is 5.92 Å². The summed E-state index contributed by atoms with van der Waals surface area (Å²) in [5, 5.41) is 12.6. The number of ether oxygens (including phenoxy) is 1. The molecule has 0 radical (unpaired) electrons. The normalized spacial score (nSPS) is 23.4. The Balaban J connectivity index is 2.27. The Morgan fingerprint density at radius 3 is 2.57 bits per heavy atom. The van der Waals surface area contributed by atoms with E-state index in [4.69, 9.17) is 9.84 Å². The quantitative estimate of drug-likeness (QED) is 0.701. The number of nitrogens with one attached hydrogen (secondary N) is 1. The van der Waals surface area contributed by atoms with Gasteiger partial charge in [0.1, 0.15) is 0 Å². The second-order valence-electron chi connectivity index (χ2n) is 4.19. The molecule has 84 valence electrons. The molecule has 0 amide bonds. The molecule has 14 heavy (non-hydrogen) atoms. The summed E-state index contributed by atoms with van der Waals surface area (Å²) in [4.78, 5) is 0. The van der Waals surface area contributed by atoms with Gasteiger partial charge in [-0.1, -0.05) is 6.92 Å². The first-order valence-electron chi connectivity index (χ1n) is 5.72. The molecule has 1 aliphatic heterocycles. The Labute approximate surface area is 86.8 Å². The highest BCUT2D eigenvalue weighted by atomic mass is 16.5. The lowest BCUT2D eigenvalue weighted by Gasteiger charge is -2.30. The first-order valence-corrected chi connectivity index (χ1v) is 5.72. The minimum Gasteiger partial charge on any atom is -0.395 e. The molecule has 0 aromatic rings. The van der Waals surface area contributed by atoms with E-state index in [9.17, 15) is 0 Å². The lowest BCUT2D eigenvalue weighted by atomic mass is 9.92. The average molecular weight is 201 g/mol. The molecule has 0 bridgehead atoms. The van der Waals surface area contributed by atoms with Gasteiger partial charge in [0.2, 0.25) is 0 Å². The number of aliphatic hydroxyl groups excluding tert-OH is 1. The van der Waals surface area contributed by atoms with Crippen molar-refractivity contribution in [2.45, 2.75) is 45.2 Å². The van der Waals surface area contributed by atoms with Crippen molar-refractivity contribution in [2.24, 2.45) is 5.92 Å². The molecule has 2 N–H and O–H groups in total. The van der Waals surface area contributed by atoms with E-state index in [1.165, 1.54) is 0 Å². The van der Waals surface area contributed by atoms with E-state index in [-0.39, 0.29) is 12.6 Å². The second kappa shape index (κ2) is 6.38. The van der Waals surface area contributed by atoms with Crippen molar-refractivity contribution in [1.29, 1.82) is 0 Å². The number of aliphatic hydroxyl groups is 1. The van der Waals surface area contributed by atoms with Crippen LogP contribution in [-0.2, 0) is 4.74 Å². The molecule has 1 rings (SSSR count). The molecule has 0 aromatic carbocycles. The molecule has 3 nitrogen and oxygen atoms in total. The van der Waals surface area contributed by atoms with Crippen molar-refractivity contribution in [3.63, 3.8) is 0 Å². The van der Waals surface area contributed by atoms with Gasteiger partial charge in [-0.2, -0.15) is 0 Å². The van der Waals surface area contributed by atoms with Gasteiger partial charge in [0, 0.05) is 25.3 Å². The summed E-state index contributed by atoms with van der Waals surface area (Å²) in [5.41, 5.74) is 0. The molecular formula is C11H23NO2. The van der Waals surface area contributed by atoms with Crippen LogP contribution in [0.4, 0.5) is 0 Å². The molecule has 2 unspecified atom stereocenters. The molecule has 1 fully saturated rings. The Morgan fingerprint density at radius 2 is 2.07 bits per heavy atom. The number of hydrogen-bond donors (Lipinski definition) is 2. The van der Waals surface area contributed by atoms with E-state index in [0.717, 1.165) is 32.5 Å². The largest absolute Gasteiger partial charge is 0.395 e. The van der Waals surface area contributed by atoms with Crippen LogP contribution in [0.1, 0.15) is 33.1 Å². The molecular weight excluding hydrogens is 178 g/mol. The summed E-state index contributed by atoms with van der Waals surface area (Å²) in [7, 11) is 0. The predicted octanol–water partition coefficient (Wildman–Crippen LogP) is 1.16. The highest BCUT2D eigenvalue weighted by molar-refractivity contribution is 4.78. The molecule has 0 aliphatic carbocycles. The van der Waals surface area contributed by atoms with E-state index < -0.39 is 0 Å². The fraction of sp³-hybridized carbons (Fsp3) is 1.00. The van der Waals surface area contributed by atoms with E-state index in [2.05, 4.69) is 19.2 Å². The molecule has 1 saturated heterocycles. The third kappa shape index (κ3) is 3.56. The van der Waals surface area contributed by atoms with Gasteiger partial charge in [0.25, 0.3) is 0 Å². The van der Waals surface area contributed by atoms with Crippen molar-refractivity contribution < 1.29 is 9.84 Å². The summed E-state index contributed by atoms with van der Waals surface area (Å²) in [6, 6.07) is 0.754. The Hall–Kier alpha value is -0.120. The molecule has 2 atom stereocenters. The predicted molar refractivity (Wildman–Crippen MR) is 57.3 cm³/mol. The summed E-state index contributed by atoms with van der Waals surface area (Å²) in [6.07, 6.45) is 3.29. The minimum absolute atomic E-state index is 0.240. The Bertz CT molecular complexity index is 142. The minimum atomic E-state index is 0.240. The van der Waals surface area contributed by atoms with Crippen molar-refractivity contribution >= 4 is 0 Å². The van der Waals surface area contributed by atoms with Crippen LogP contribution in [-0.4, -0.2) is 37.0 Å². The summed E-state index contributed by atoms with van der Waals surface area (Å²) < 4.78 is 5.33. The molecule has 0 aromatic heterocycles. The monoisotopic (exact) mass is 201 g/mol. The molecule has 0 spiro atoms. The van der Waals surface area contributed by atoms with Crippen LogP contribution in [0.5, 0.6) is 0 Å². The van der Waals surface area contributed by atoms with Gasteiger partial charge in [-0.3, -0.25) is 0 Å². The van der Waals surface area contributed by atoms with Gasteiger partial charge in [0.05, 0.1) is 6.61 Å². The molecule has 1 aliphatic rings. The van der Waals surface area contributed by atoms with E-state index in [1.54, 1.807) is 0 Å². The second-order valence-corrected chi connectivity index (χ2v) is 4.19. The van der Waals surface area contributed by atoms with Gasteiger partial charge >= 0.3 is 0 Å². The van der Waals surface area contributed by atoms with Crippen LogP contribution in [0.2, 0.25) is 0 Å². The SMILES string of the molecule is CCC(CO)NC(C)C1CCOCC1. The number of rotatable bonds is 5. The standard InChI is InChI=1S/C11H23NO2/c1-3-11(8-13)12-9(2)10-4-6-14-7-5-10/h9-13H,3-8H2,1-2H3. The first-order chi connectivity index (χ1) is 6.77. The van der Waals surface area contributed by atoms with Crippen LogP contribution >= 0.6 is 0 Å². The zero-order valence-corrected chi connectivity index (χ0v) is 9.33. The van der Waals surface area contributed by atoms with Crippen LogP contribution in [0.3, 0.4) is 0 Å². The topological polar surface area (TPSA) is 41.5 Å². The smallest absolute Gasteiger partial charge is 0.0584 e. The molecule has 0 saturated carbocycles. The van der Waals surface area contributed by atoms with E-state index in [0.29, 0.717) is 12.0 Å². The van der Waals surface area contributed by atoms with Crippen molar-refractivity contribution in [1.82, 2.24) is 5.32 Å². The van der Waals surface area contributed by atoms with Gasteiger partial charge < -0.3 is 15.2 Å². The summed E-state index contributed by atoms with van der Waals surface area (Å²) in [5.74, 6) is 0.712. The summed E-state index contributed by atoms with van der Waals surface area (Å²) >= 11 is 0.